The predicted molar refractivity (Wildman–Crippen MR) is 154 cm³/mol. The molecule has 10 heteroatoms. The van der Waals surface area contributed by atoms with Crippen molar-refractivity contribution >= 4 is 42.6 Å². The van der Waals surface area contributed by atoms with Crippen LogP contribution >= 0.6 is 11.3 Å². The standard InChI is InChI=1S/C28H37N5O3S2/c1-3-22-7-4-8-25-26(22)30-28(37-25)32-18-16-31(17-19-32)15-13-29-27(34)23-9-11-24(12-10-23)38(35,36)33-14-5-6-21(2)20-33/h4,7-12,21H,3,5-6,13-20H2,1-2H3,(H,29,34). The summed E-state index contributed by atoms with van der Waals surface area (Å²) in [7, 11) is -3.52. The van der Waals surface area contributed by atoms with Crippen molar-refractivity contribution < 1.29 is 13.2 Å². The van der Waals surface area contributed by atoms with Gasteiger partial charge in [0, 0.05) is 57.9 Å². The van der Waals surface area contributed by atoms with Crippen LogP contribution in [0.3, 0.4) is 0 Å². The molecule has 2 fully saturated rings. The first-order chi connectivity index (χ1) is 18.3. The summed E-state index contributed by atoms with van der Waals surface area (Å²) >= 11 is 1.76. The van der Waals surface area contributed by atoms with Gasteiger partial charge in [-0.1, -0.05) is 37.3 Å². The minimum absolute atomic E-state index is 0.180. The molecule has 1 aromatic heterocycles. The second-order valence-corrected chi connectivity index (χ2v) is 13.3. The number of thiazole rings is 1. The maximum Gasteiger partial charge on any atom is 0.251 e. The summed E-state index contributed by atoms with van der Waals surface area (Å²) in [5, 5.41) is 4.07. The van der Waals surface area contributed by atoms with Crippen LogP contribution < -0.4 is 10.2 Å². The number of hydrogen-bond donors (Lipinski definition) is 1. The molecule has 1 N–H and O–H groups in total. The number of nitrogens with zero attached hydrogens (tertiary/aromatic N) is 4. The first-order valence-corrected chi connectivity index (χ1v) is 15.8. The van der Waals surface area contributed by atoms with Crippen LogP contribution in [0.4, 0.5) is 5.13 Å². The zero-order chi connectivity index (χ0) is 26.7. The van der Waals surface area contributed by atoms with E-state index in [2.05, 4.69) is 47.2 Å². The molecule has 0 spiro atoms. The van der Waals surface area contributed by atoms with Crippen molar-refractivity contribution in [3.63, 3.8) is 0 Å². The van der Waals surface area contributed by atoms with E-state index in [9.17, 15) is 13.2 Å². The monoisotopic (exact) mass is 555 g/mol. The third-order valence-electron chi connectivity index (χ3n) is 7.60. The molecule has 1 atom stereocenters. The van der Waals surface area contributed by atoms with E-state index in [-0.39, 0.29) is 10.8 Å². The van der Waals surface area contributed by atoms with Gasteiger partial charge < -0.3 is 10.2 Å². The van der Waals surface area contributed by atoms with Gasteiger partial charge in [-0.3, -0.25) is 9.69 Å². The van der Waals surface area contributed by atoms with Gasteiger partial charge in [0.05, 0.1) is 15.1 Å². The molecule has 2 aromatic carbocycles. The lowest BCUT2D eigenvalue weighted by molar-refractivity contribution is 0.0947. The number of rotatable bonds is 8. The van der Waals surface area contributed by atoms with Gasteiger partial charge in [0.25, 0.3) is 5.91 Å². The van der Waals surface area contributed by atoms with Crippen LogP contribution in [0.25, 0.3) is 10.2 Å². The molecular weight excluding hydrogens is 518 g/mol. The number of aryl methyl sites for hydroxylation is 1. The fourth-order valence-electron chi connectivity index (χ4n) is 5.30. The summed E-state index contributed by atoms with van der Waals surface area (Å²) in [6.07, 6.45) is 2.93. The van der Waals surface area contributed by atoms with Crippen molar-refractivity contribution in [3.8, 4) is 0 Å². The summed E-state index contributed by atoms with van der Waals surface area (Å²) in [5.74, 6) is 0.188. The Morgan fingerprint density at radius 3 is 2.55 bits per heavy atom. The van der Waals surface area contributed by atoms with E-state index in [0.717, 1.165) is 62.6 Å². The minimum Gasteiger partial charge on any atom is -0.351 e. The summed E-state index contributed by atoms with van der Waals surface area (Å²) in [6.45, 7) is 10.4. The van der Waals surface area contributed by atoms with Crippen molar-refractivity contribution in [1.29, 1.82) is 0 Å². The molecule has 0 radical (unpaired) electrons. The summed E-state index contributed by atoms with van der Waals surface area (Å²) in [6, 6.07) is 12.7. The first-order valence-electron chi connectivity index (χ1n) is 13.6. The molecule has 2 aliphatic heterocycles. The van der Waals surface area contributed by atoms with Crippen LogP contribution in [0.5, 0.6) is 0 Å². The molecule has 3 heterocycles. The molecular formula is C28H37N5O3S2. The van der Waals surface area contributed by atoms with Crippen LogP contribution in [-0.4, -0.2) is 80.9 Å². The second-order valence-electron chi connectivity index (χ2n) is 10.3. The van der Waals surface area contributed by atoms with Crippen molar-refractivity contribution in [2.45, 2.75) is 38.0 Å². The molecule has 8 nitrogen and oxygen atoms in total. The number of carbonyl (C=O) groups is 1. The lowest BCUT2D eigenvalue weighted by atomic mass is 10.0. The lowest BCUT2D eigenvalue weighted by Gasteiger charge is -2.34. The molecule has 2 aliphatic rings. The SMILES string of the molecule is CCc1cccc2sc(N3CCN(CCNC(=O)c4ccc(S(=O)(=O)N5CCCC(C)C5)cc4)CC3)nc12. The number of sulfonamides is 1. The van der Waals surface area contributed by atoms with Crippen LogP contribution in [0.1, 0.15) is 42.6 Å². The highest BCUT2D eigenvalue weighted by Crippen LogP contribution is 2.31. The fourth-order valence-corrected chi connectivity index (χ4v) is 7.96. The van der Waals surface area contributed by atoms with Gasteiger partial charge in [-0.05, 0) is 61.1 Å². The van der Waals surface area contributed by atoms with Crippen molar-refractivity contribution in [2.24, 2.45) is 5.92 Å². The van der Waals surface area contributed by atoms with Crippen molar-refractivity contribution in [3.05, 3.63) is 53.6 Å². The van der Waals surface area contributed by atoms with Gasteiger partial charge >= 0.3 is 0 Å². The lowest BCUT2D eigenvalue weighted by Crippen LogP contribution is -2.48. The van der Waals surface area contributed by atoms with Crippen molar-refractivity contribution in [1.82, 2.24) is 19.5 Å². The number of amides is 1. The smallest absolute Gasteiger partial charge is 0.251 e. The van der Waals surface area contributed by atoms with Crippen LogP contribution in [-0.2, 0) is 16.4 Å². The quantitative estimate of drug-likeness (QED) is 0.455. The molecule has 38 heavy (non-hydrogen) atoms. The van der Waals surface area contributed by atoms with E-state index in [1.807, 2.05) is 0 Å². The number of benzene rings is 2. The highest BCUT2D eigenvalue weighted by Gasteiger charge is 2.28. The van der Waals surface area contributed by atoms with Gasteiger partial charge in [0.1, 0.15) is 0 Å². The summed E-state index contributed by atoms with van der Waals surface area (Å²) < 4.78 is 28.7. The number of hydrogen-bond acceptors (Lipinski definition) is 7. The number of piperazine rings is 1. The molecule has 0 bridgehead atoms. The number of nitrogens with one attached hydrogen (secondary N) is 1. The number of fused-ring (bicyclic) bond motifs is 1. The van der Waals surface area contributed by atoms with Gasteiger partial charge in [-0.15, -0.1) is 0 Å². The van der Waals surface area contributed by atoms with Gasteiger partial charge in [-0.2, -0.15) is 4.31 Å². The molecule has 1 unspecified atom stereocenters. The number of aromatic nitrogens is 1. The average Bonchev–Trinajstić information content (AvgIpc) is 3.38. The highest BCUT2D eigenvalue weighted by molar-refractivity contribution is 7.89. The predicted octanol–water partition coefficient (Wildman–Crippen LogP) is 3.83. The van der Waals surface area contributed by atoms with Crippen LogP contribution in [0.15, 0.2) is 47.4 Å². The van der Waals surface area contributed by atoms with E-state index < -0.39 is 10.0 Å². The van der Waals surface area contributed by atoms with E-state index >= 15 is 0 Å². The molecule has 0 aliphatic carbocycles. The molecule has 204 valence electrons. The largest absolute Gasteiger partial charge is 0.351 e. The second kappa shape index (κ2) is 11.7. The Bertz CT molecular complexity index is 1360. The average molecular weight is 556 g/mol. The summed E-state index contributed by atoms with van der Waals surface area (Å²) in [5.41, 5.74) is 2.90. The zero-order valence-corrected chi connectivity index (χ0v) is 23.9. The van der Waals surface area contributed by atoms with E-state index in [1.165, 1.54) is 10.3 Å². The van der Waals surface area contributed by atoms with Gasteiger partial charge in [-0.25, -0.2) is 13.4 Å². The molecule has 3 aromatic rings. The highest BCUT2D eigenvalue weighted by atomic mass is 32.2. The third-order valence-corrected chi connectivity index (χ3v) is 10.6. The Morgan fingerprint density at radius 1 is 1.08 bits per heavy atom. The van der Waals surface area contributed by atoms with E-state index in [4.69, 9.17) is 4.98 Å². The number of piperidine rings is 1. The Kier molecular flexibility index (Phi) is 8.32. The van der Waals surface area contributed by atoms with Crippen LogP contribution in [0.2, 0.25) is 0 Å². The van der Waals surface area contributed by atoms with E-state index in [0.29, 0.717) is 31.1 Å². The molecule has 5 rings (SSSR count). The van der Waals surface area contributed by atoms with Gasteiger partial charge in [0.2, 0.25) is 10.0 Å². The Labute approximate surface area is 229 Å². The topological polar surface area (TPSA) is 85.8 Å². The van der Waals surface area contributed by atoms with Crippen LogP contribution in [0, 0.1) is 5.92 Å². The molecule has 0 saturated carbocycles. The zero-order valence-electron chi connectivity index (χ0n) is 22.2. The first kappa shape index (κ1) is 27.1. The fraction of sp³-hybridized carbons (Fsp3) is 0.500. The Hall–Kier alpha value is -2.53. The maximum absolute atomic E-state index is 13.0. The molecule has 1 amide bonds. The Morgan fingerprint density at radius 2 is 1.84 bits per heavy atom. The number of anilines is 1. The van der Waals surface area contributed by atoms with Crippen molar-refractivity contribution in [2.75, 3.05) is 57.3 Å². The third kappa shape index (κ3) is 5.88. The normalized spacial score (nSPS) is 19.6. The van der Waals surface area contributed by atoms with E-state index in [1.54, 1.807) is 39.9 Å². The van der Waals surface area contributed by atoms with Gasteiger partial charge in [0.15, 0.2) is 5.13 Å². The number of carbonyl (C=O) groups excluding carboxylic acids is 1. The Balaban J connectivity index is 1.09. The minimum atomic E-state index is -3.52. The number of para-hydroxylation sites is 1. The summed E-state index contributed by atoms with van der Waals surface area (Å²) in [4.78, 5) is 22.6. The maximum atomic E-state index is 13.0. The molecule has 2 saturated heterocycles.